The number of benzene rings is 2. The van der Waals surface area contributed by atoms with Gasteiger partial charge in [0.05, 0.1) is 11.4 Å². The molecule has 8 nitrogen and oxygen atoms in total. The van der Waals surface area contributed by atoms with Crippen molar-refractivity contribution in [3.63, 3.8) is 0 Å². The third-order valence-electron chi connectivity index (χ3n) is 4.98. The van der Waals surface area contributed by atoms with Gasteiger partial charge in [-0.2, -0.15) is 0 Å². The molecule has 0 saturated carbocycles. The highest BCUT2D eigenvalue weighted by Gasteiger charge is 2.28. The number of aromatic amines is 1. The minimum atomic E-state index is -3.21. The lowest BCUT2D eigenvalue weighted by molar-refractivity contribution is -0.111. The van der Waals surface area contributed by atoms with E-state index in [2.05, 4.69) is 15.3 Å². The Balaban J connectivity index is 1.43. The molecule has 1 fully saturated rings. The molecule has 0 spiro atoms. The second kappa shape index (κ2) is 8.80. The molecule has 1 amide bonds. The molecule has 1 aliphatic rings. The minimum absolute atomic E-state index is 0.173. The molecule has 32 heavy (non-hydrogen) atoms. The summed E-state index contributed by atoms with van der Waals surface area (Å²) in [5, 5.41) is 2.79. The van der Waals surface area contributed by atoms with E-state index in [1.54, 1.807) is 61.5 Å². The number of H-pyrrole nitrogens is 1. The van der Waals surface area contributed by atoms with Crippen molar-refractivity contribution in [2.75, 3.05) is 21.9 Å². The Morgan fingerprint density at radius 2 is 1.94 bits per heavy atom. The normalized spacial score (nSPS) is 15.2. The zero-order valence-corrected chi connectivity index (χ0v) is 18.2. The third kappa shape index (κ3) is 4.94. The standard InChI is InChI=1S/C23H22N4O4S/c1-16-14-22(29)26-23(24-16)18-4-2-5-19(15-18)25-21(28)11-8-17-6-9-20(10-7-17)27-12-3-13-32(27,30)31/h2,4-11,14-15H,3,12-13H2,1H3,(H,25,28)(H,24,26,29)/b11-8+. The van der Waals surface area contributed by atoms with Crippen molar-refractivity contribution in [1.82, 2.24) is 9.97 Å². The van der Waals surface area contributed by atoms with E-state index in [9.17, 15) is 18.0 Å². The first-order valence-electron chi connectivity index (χ1n) is 10.1. The molecule has 3 aromatic rings. The summed E-state index contributed by atoms with van der Waals surface area (Å²) in [6, 6.07) is 15.5. The first-order valence-corrected chi connectivity index (χ1v) is 11.7. The highest BCUT2D eigenvalue weighted by atomic mass is 32.2. The van der Waals surface area contributed by atoms with Gasteiger partial charge >= 0.3 is 0 Å². The van der Waals surface area contributed by atoms with Gasteiger partial charge in [-0.05, 0) is 49.2 Å². The summed E-state index contributed by atoms with van der Waals surface area (Å²) in [6.07, 6.45) is 3.68. The molecule has 0 unspecified atom stereocenters. The van der Waals surface area contributed by atoms with Crippen molar-refractivity contribution in [2.24, 2.45) is 0 Å². The van der Waals surface area contributed by atoms with Crippen molar-refractivity contribution < 1.29 is 13.2 Å². The highest BCUT2D eigenvalue weighted by Crippen LogP contribution is 2.24. The Hall–Kier alpha value is -3.72. The van der Waals surface area contributed by atoms with Crippen LogP contribution in [-0.2, 0) is 14.8 Å². The third-order valence-corrected chi connectivity index (χ3v) is 6.85. The van der Waals surface area contributed by atoms with Crippen molar-refractivity contribution in [2.45, 2.75) is 13.3 Å². The second-order valence-electron chi connectivity index (χ2n) is 7.47. The monoisotopic (exact) mass is 450 g/mol. The molecule has 164 valence electrons. The van der Waals surface area contributed by atoms with Crippen LogP contribution in [-0.4, -0.2) is 36.6 Å². The van der Waals surface area contributed by atoms with Crippen molar-refractivity contribution in [3.05, 3.63) is 82.3 Å². The van der Waals surface area contributed by atoms with Gasteiger partial charge in [0.2, 0.25) is 15.9 Å². The van der Waals surface area contributed by atoms with Gasteiger partial charge in [-0.15, -0.1) is 0 Å². The first-order chi connectivity index (χ1) is 15.3. The van der Waals surface area contributed by atoms with E-state index in [-0.39, 0.29) is 17.2 Å². The Labute approximate surface area is 185 Å². The summed E-state index contributed by atoms with van der Waals surface area (Å²) in [6.45, 7) is 2.23. The molecule has 1 aromatic heterocycles. The maximum absolute atomic E-state index is 12.3. The number of amides is 1. The van der Waals surface area contributed by atoms with Gasteiger partial charge in [-0.1, -0.05) is 24.3 Å². The topological polar surface area (TPSA) is 112 Å². The minimum Gasteiger partial charge on any atom is -0.322 e. The highest BCUT2D eigenvalue weighted by molar-refractivity contribution is 7.93. The van der Waals surface area contributed by atoms with Gasteiger partial charge < -0.3 is 10.3 Å². The second-order valence-corrected chi connectivity index (χ2v) is 9.48. The predicted octanol–water partition coefficient (Wildman–Crippen LogP) is 2.94. The van der Waals surface area contributed by atoms with E-state index < -0.39 is 10.0 Å². The van der Waals surface area contributed by atoms with Crippen LogP contribution in [0, 0.1) is 6.92 Å². The first kappa shape index (κ1) is 21.5. The maximum atomic E-state index is 12.3. The Bertz CT molecular complexity index is 1340. The zero-order valence-electron chi connectivity index (χ0n) is 17.4. The van der Waals surface area contributed by atoms with Crippen LogP contribution in [0.5, 0.6) is 0 Å². The molecule has 2 heterocycles. The van der Waals surface area contributed by atoms with Gasteiger partial charge in [0.15, 0.2) is 0 Å². The molecule has 2 N–H and O–H groups in total. The van der Waals surface area contributed by atoms with Gasteiger partial charge in [0, 0.05) is 35.6 Å². The van der Waals surface area contributed by atoms with Crippen LogP contribution < -0.4 is 15.2 Å². The molecule has 0 radical (unpaired) electrons. The lowest BCUT2D eigenvalue weighted by atomic mass is 10.1. The lowest BCUT2D eigenvalue weighted by Crippen LogP contribution is -2.24. The quantitative estimate of drug-likeness (QED) is 0.581. The van der Waals surface area contributed by atoms with E-state index >= 15 is 0 Å². The predicted molar refractivity (Wildman–Crippen MR) is 125 cm³/mol. The Morgan fingerprint density at radius 1 is 1.16 bits per heavy atom. The molecule has 9 heteroatoms. The van der Waals surface area contributed by atoms with Crippen LogP contribution >= 0.6 is 0 Å². The number of aromatic nitrogens is 2. The molecule has 2 aromatic carbocycles. The number of nitrogens with zero attached hydrogens (tertiary/aromatic N) is 2. The fourth-order valence-corrected chi connectivity index (χ4v) is 5.06. The van der Waals surface area contributed by atoms with Gasteiger partial charge in [0.25, 0.3) is 5.56 Å². The SMILES string of the molecule is Cc1cc(=O)[nH]c(-c2cccc(NC(=O)/C=C/c3ccc(N4CCCS4(=O)=O)cc3)c2)n1. The fraction of sp³-hybridized carbons (Fsp3) is 0.174. The van der Waals surface area contributed by atoms with Crippen molar-refractivity contribution in [3.8, 4) is 11.4 Å². The number of hydrogen-bond acceptors (Lipinski definition) is 5. The van der Waals surface area contributed by atoms with Crippen LogP contribution in [0.1, 0.15) is 17.7 Å². The molecule has 1 aliphatic heterocycles. The summed E-state index contributed by atoms with van der Waals surface area (Å²) in [4.78, 5) is 31.0. The Kier molecular flexibility index (Phi) is 5.91. The number of rotatable bonds is 5. The van der Waals surface area contributed by atoms with Crippen LogP contribution in [0.25, 0.3) is 17.5 Å². The van der Waals surface area contributed by atoms with Gasteiger partial charge in [0.1, 0.15) is 5.82 Å². The average Bonchev–Trinajstić information content (AvgIpc) is 3.11. The van der Waals surface area contributed by atoms with Crippen molar-refractivity contribution in [1.29, 1.82) is 0 Å². The molecule has 0 atom stereocenters. The summed E-state index contributed by atoms with van der Waals surface area (Å²) in [5.41, 5.74) is 3.02. The van der Waals surface area contributed by atoms with E-state index in [4.69, 9.17) is 0 Å². The maximum Gasteiger partial charge on any atom is 0.251 e. The van der Waals surface area contributed by atoms with E-state index in [0.29, 0.717) is 41.4 Å². The summed E-state index contributed by atoms with van der Waals surface area (Å²) >= 11 is 0. The number of carbonyl (C=O) groups is 1. The molecular formula is C23H22N4O4S. The van der Waals surface area contributed by atoms with Gasteiger partial charge in [-0.3, -0.25) is 13.9 Å². The van der Waals surface area contributed by atoms with Crippen LogP contribution in [0.2, 0.25) is 0 Å². The number of nitrogens with one attached hydrogen (secondary N) is 2. The molecule has 1 saturated heterocycles. The van der Waals surface area contributed by atoms with Gasteiger partial charge in [-0.25, -0.2) is 13.4 Å². The average molecular weight is 451 g/mol. The van der Waals surface area contributed by atoms with E-state index in [0.717, 1.165) is 5.56 Å². The molecule has 4 rings (SSSR count). The van der Waals surface area contributed by atoms with E-state index in [1.165, 1.54) is 16.4 Å². The summed E-state index contributed by atoms with van der Waals surface area (Å²) in [7, 11) is -3.21. The number of hydrogen-bond donors (Lipinski definition) is 2. The summed E-state index contributed by atoms with van der Waals surface area (Å²) in [5.74, 6) is 0.285. The molecular weight excluding hydrogens is 428 g/mol. The molecule has 0 bridgehead atoms. The zero-order chi connectivity index (χ0) is 22.7. The smallest absolute Gasteiger partial charge is 0.251 e. The van der Waals surface area contributed by atoms with E-state index in [1.807, 2.05) is 0 Å². The van der Waals surface area contributed by atoms with Crippen LogP contribution in [0.3, 0.4) is 0 Å². The lowest BCUT2D eigenvalue weighted by Gasteiger charge is -2.16. The number of aryl methyl sites for hydroxylation is 1. The van der Waals surface area contributed by atoms with Crippen LogP contribution in [0.4, 0.5) is 11.4 Å². The van der Waals surface area contributed by atoms with Crippen LogP contribution in [0.15, 0.2) is 65.5 Å². The Morgan fingerprint density at radius 3 is 2.62 bits per heavy atom. The fourth-order valence-electron chi connectivity index (χ4n) is 3.50. The number of sulfonamides is 1. The summed E-state index contributed by atoms with van der Waals surface area (Å²) < 4.78 is 25.5. The number of carbonyl (C=O) groups excluding carboxylic acids is 1. The largest absolute Gasteiger partial charge is 0.322 e. The van der Waals surface area contributed by atoms with Crippen molar-refractivity contribution >= 4 is 33.4 Å². The molecule has 0 aliphatic carbocycles. The number of anilines is 2.